The first-order valence-electron chi connectivity index (χ1n) is 9.39. The highest BCUT2D eigenvalue weighted by Crippen LogP contribution is 2.29. The van der Waals surface area contributed by atoms with Crippen LogP contribution in [0.3, 0.4) is 0 Å². The van der Waals surface area contributed by atoms with Crippen LogP contribution < -0.4 is 5.32 Å². The number of halogens is 1. The van der Waals surface area contributed by atoms with E-state index < -0.39 is 11.7 Å². The van der Waals surface area contributed by atoms with Gasteiger partial charge < -0.3 is 9.88 Å². The van der Waals surface area contributed by atoms with Gasteiger partial charge in [-0.1, -0.05) is 35.4 Å². The quantitative estimate of drug-likeness (QED) is 0.380. The van der Waals surface area contributed by atoms with Crippen LogP contribution in [0, 0.1) is 13.8 Å². The van der Waals surface area contributed by atoms with Gasteiger partial charge in [0.2, 0.25) is 0 Å². The van der Waals surface area contributed by atoms with Crippen molar-refractivity contribution in [1.29, 1.82) is 0 Å². The first kappa shape index (κ1) is 19.8. The first-order valence-corrected chi connectivity index (χ1v) is 9.77. The smallest absolute Gasteiger partial charge is 0.298 e. The molecule has 1 amide bonds. The lowest BCUT2D eigenvalue weighted by Gasteiger charge is -2.09. The van der Waals surface area contributed by atoms with Gasteiger partial charge in [0, 0.05) is 34.4 Å². The van der Waals surface area contributed by atoms with Crippen molar-refractivity contribution in [2.45, 2.75) is 20.4 Å². The lowest BCUT2D eigenvalue weighted by atomic mass is 10.0. The van der Waals surface area contributed by atoms with Crippen LogP contribution >= 0.6 is 11.6 Å². The number of nitrogens with zero attached hydrogens (tertiary/aromatic N) is 3. The summed E-state index contributed by atoms with van der Waals surface area (Å²) >= 11 is 6.00. The van der Waals surface area contributed by atoms with E-state index in [4.69, 9.17) is 11.6 Å². The monoisotopic (exact) mass is 418 g/mol. The molecule has 0 unspecified atom stereocenters. The highest BCUT2D eigenvalue weighted by Gasteiger charge is 2.25. The number of hydrogen-bond acceptors (Lipinski definition) is 4. The minimum Gasteiger partial charge on any atom is -0.340 e. The second-order valence-corrected chi connectivity index (χ2v) is 7.51. The fourth-order valence-corrected chi connectivity index (χ4v) is 3.64. The normalized spacial score (nSPS) is 10.9. The second kappa shape index (κ2) is 8.08. The Bertz CT molecular complexity index is 1250. The maximum absolute atomic E-state index is 13.1. The molecule has 0 aliphatic carbocycles. The van der Waals surface area contributed by atoms with Crippen molar-refractivity contribution in [2.75, 3.05) is 5.32 Å². The number of anilines is 1. The Balaban J connectivity index is 1.76. The summed E-state index contributed by atoms with van der Waals surface area (Å²) in [6.07, 6.45) is 2.81. The molecule has 2 aromatic heterocycles. The van der Waals surface area contributed by atoms with Gasteiger partial charge in [0.1, 0.15) is 12.1 Å². The number of carbonyl (C=O) groups is 2. The third-order valence-corrected chi connectivity index (χ3v) is 5.24. The second-order valence-electron chi connectivity index (χ2n) is 7.07. The summed E-state index contributed by atoms with van der Waals surface area (Å²) < 4.78 is 2.04. The molecule has 0 saturated carbocycles. The molecular formula is C23H19ClN4O2. The molecular weight excluding hydrogens is 400 g/mol. The van der Waals surface area contributed by atoms with E-state index in [1.54, 1.807) is 0 Å². The predicted octanol–water partition coefficient (Wildman–Crippen LogP) is 4.57. The summed E-state index contributed by atoms with van der Waals surface area (Å²) in [6.45, 7) is 4.38. The van der Waals surface area contributed by atoms with E-state index in [0.717, 1.165) is 27.7 Å². The number of rotatable bonds is 5. The number of Topliss-reactive ketones (excluding diaryl/α,β-unsaturated/α-hetero) is 1. The van der Waals surface area contributed by atoms with Crippen LogP contribution in [0.2, 0.25) is 5.02 Å². The van der Waals surface area contributed by atoms with Crippen LogP contribution in [0.25, 0.3) is 10.9 Å². The van der Waals surface area contributed by atoms with Crippen LogP contribution in [0.15, 0.2) is 61.1 Å². The van der Waals surface area contributed by atoms with Crippen molar-refractivity contribution < 1.29 is 9.59 Å². The summed E-state index contributed by atoms with van der Waals surface area (Å²) in [5, 5.41) is 3.97. The predicted molar refractivity (Wildman–Crippen MR) is 117 cm³/mol. The highest BCUT2D eigenvalue weighted by molar-refractivity contribution is 6.48. The molecule has 0 fully saturated rings. The largest absolute Gasteiger partial charge is 0.340 e. The lowest BCUT2D eigenvalue weighted by molar-refractivity contribution is -0.112. The minimum absolute atomic E-state index is 0.280. The van der Waals surface area contributed by atoms with Gasteiger partial charge in [0.05, 0.1) is 5.56 Å². The molecule has 2 aromatic carbocycles. The van der Waals surface area contributed by atoms with Gasteiger partial charge in [-0.15, -0.1) is 0 Å². The van der Waals surface area contributed by atoms with Crippen molar-refractivity contribution in [1.82, 2.24) is 14.5 Å². The SMILES string of the molecule is Cc1ccc2c(c1)c(C(=O)C(=O)Nc1ccncn1)c(C)n2Cc1ccc(Cl)cc1. The van der Waals surface area contributed by atoms with Crippen molar-refractivity contribution in [3.63, 3.8) is 0 Å². The van der Waals surface area contributed by atoms with Crippen LogP contribution in [0.5, 0.6) is 0 Å². The average Bonchev–Trinajstić information content (AvgIpc) is 3.00. The zero-order chi connectivity index (χ0) is 21.3. The molecule has 150 valence electrons. The maximum Gasteiger partial charge on any atom is 0.298 e. The van der Waals surface area contributed by atoms with E-state index in [2.05, 4.69) is 15.3 Å². The van der Waals surface area contributed by atoms with Crippen LogP contribution in [0.1, 0.15) is 27.2 Å². The van der Waals surface area contributed by atoms with E-state index in [0.29, 0.717) is 17.1 Å². The molecule has 0 aliphatic heterocycles. The van der Waals surface area contributed by atoms with Gasteiger partial charge in [-0.05, 0) is 49.7 Å². The van der Waals surface area contributed by atoms with E-state index in [1.165, 1.54) is 18.6 Å². The van der Waals surface area contributed by atoms with Gasteiger partial charge in [-0.3, -0.25) is 9.59 Å². The molecule has 0 saturated heterocycles. The standard InChI is InChI=1S/C23H19ClN4O2/c1-14-3-8-19-18(11-14)21(22(29)23(30)27-20-9-10-25-13-26-20)15(2)28(19)12-16-4-6-17(24)7-5-16/h3-11,13H,12H2,1-2H3,(H,25,26,27,30). The van der Waals surface area contributed by atoms with E-state index in [-0.39, 0.29) is 5.82 Å². The number of aromatic nitrogens is 3. The van der Waals surface area contributed by atoms with Crippen molar-refractivity contribution in [3.8, 4) is 0 Å². The average molecular weight is 419 g/mol. The minimum atomic E-state index is -0.733. The number of aryl methyl sites for hydroxylation is 1. The first-order chi connectivity index (χ1) is 14.4. The number of benzene rings is 2. The van der Waals surface area contributed by atoms with Crippen molar-refractivity contribution in [3.05, 3.63) is 88.5 Å². The van der Waals surface area contributed by atoms with Crippen LogP contribution in [0.4, 0.5) is 5.82 Å². The topological polar surface area (TPSA) is 76.9 Å². The Labute approximate surface area is 178 Å². The Morgan fingerprint density at radius 2 is 1.83 bits per heavy atom. The molecule has 7 heteroatoms. The fourth-order valence-electron chi connectivity index (χ4n) is 3.51. The molecule has 4 aromatic rings. The number of amides is 1. The van der Waals surface area contributed by atoms with Gasteiger partial charge >= 0.3 is 0 Å². The molecule has 30 heavy (non-hydrogen) atoms. The Morgan fingerprint density at radius 3 is 2.53 bits per heavy atom. The highest BCUT2D eigenvalue weighted by atomic mass is 35.5. The van der Waals surface area contributed by atoms with E-state index >= 15 is 0 Å². The number of ketones is 1. The molecule has 1 N–H and O–H groups in total. The third kappa shape index (κ3) is 3.82. The third-order valence-electron chi connectivity index (χ3n) is 4.99. The summed E-state index contributed by atoms with van der Waals surface area (Å²) in [4.78, 5) is 33.5. The zero-order valence-electron chi connectivity index (χ0n) is 16.5. The van der Waals surface area contributed by atoms with Crippen LogP contribution in [-0.4, -0.2) is 26.2 Å². The van der Waals surface area contributed by atoms with Gasteiger partial charge in [-0.2, -0.15) is 0 Å². The fraction of sp³-hybridized carbons (Fsp3) is 0.130. The Morgan fingerprint density at radius 1 is 1.07 bits per heavy atom. The summed E-state index contributed by atoms with van der Waals surface area (Å²) in [7, 11) is 0. The Kier molecular flexibility index (Phi) is 5.33. The lowest BCUT2D eigenvalue weighted by Crippen LogP contribution is -2.24. The van der Waals surface area contributed by atoms with E-state index in [1.807, 2.05) is 60.9 Å². The van der Waals surface area contributed by atoms with Crippen molar-refractivity contribution >= 4 is 40.0 Å². The number of hydrogen-bond donors (Lipinski definition) is 1. The molecule has 0 spiro atoms. The van der Waals surface area contributed by atoms with Crippen LogP contribution in [-0.2, 0) is 11.3 Å². The van der Waals surface area contributed by atoms with Gasteiger partial charge in [-0.25, -0.2) is 9.97 Å². The molecule has 0 radical (unpaired) electrons. The van der Waals surface area contributed by atoms with Gasteiger partial charge in [0.15, 0.2) is 0 Å². The summed E-state index contributed by atoms with van der Waals surface area (Å²) in [6, 6.07) is 15.0. The molecule has 0 atom stereocenters. The molecule has 2 heterocycles. The molecule has 4 rings (SSSR count). The molecule has 6 nitrogen and oxygen atoms in total. The zero-order valence-corrected chi connectivity index (χ0v) is 17.3. The maximum atomic E-state index is 13.1. The van der Waals surface area contributed by atoms with Gasteiger partial charge in [0.25, 0.3) is 11.7 Å². The number of carbonyl (C=O) groups excluding carboxylic acids is 2. The number of fused-ring (bicyclic) bond motifs is 1. The number of nitrogens with one attached hydrogen (secondary N) is 1. The summed E-state index contributed by atoms with van der Waals surface area (Å²) in [5.41, 5.74) is 4.08. The Hall–Kier alpha value is -3.51. The molecule has 0 aliphatic rings. The van der Waals surface area contributed by atoms with E-state index in [9.17, 15) is 9.59 Å². The molecule has 0 bridgehead atoms. The van der Waals surface area contributed by atoms with Crippen molar-refractivity contribution in [2.24, 2.45) is 0 Å². The summed E-state index contributed by atoms with van der Waals surface area (Å²) in [5.74, 6) is -1.05.